The number of anilines is 1. The number of hydrogen-bond donors (Lipinski definition) is 2. The molecule has 0 spiro atoms. The van der Waals surface area contributed by atoms with Crippen LogP contribution in [-0.2, 0) is 16.0 Å². The first kappa shape index (κ1) is 23.6. The van der Waals surface area contributed by atoms with E-state index in [1.165, 1.54) is 30.3 Å². The highest BCUT2D eigenvalue weighted by molar-refractivity contribution is 6.39. The normalized spacial score (nSPS) is 14.9. The van der Waals surface area contributed by atoms with E-state index in [0.29, 0.717) is 36.7 Å². The third-order valence-electron chi connectivity index (χ3n) is 4.79. The molecule has 172 valence electrons. The Balaban J connectivity index is 2.06. The fraction of sp³-hybridized carbons (Fsp3) is 0.240. The Hall–Kier alpha value is -4.07. The van der Waals surface area contributed by atoms with E-state index < -0.39 is 17.8 Å². The standard InChI is InChI=1S/C25H26N2O6/c1-4-7-17-13-16(15-21(32-6-3)22(17)33-12-5-2)14-20-23(29)26-25(31)27(24(20)30)18-8-10-19(28)11-9-18/h4,8-11,13-15,28H,1,5-7,12H2,2-3H3,(H,26,29,31)/b20-14+. The van der Waals surface area contributed by atoms with E-state index in [1.54, 1.807) is 18.2 Å². The Morgan fingerprint density at radius 2 is 1.82 bits per heavy atom. The summed E-state index contributed by atoms with van der Waals surface area (Å²) >= 11 is 0. The number of phenolic OH excluding ortho intramolecular Hbond substituents is 1. The molecule has 2 aromatic carbocycles. The van der Waals surface area contributed by atoms with Crippen LogP contribution in [0.3, 0.4) is 0 Å². The second-order valence-corrected chi connectivity index (χ2v) is 7.26. The van der Waals surface area contributed by atoms with Crippen LogP contribution >= 0.6 is 0 Å². The van der Waals surface area contributed by atoms with Crippen LogP contribution in [0.2, 0.25) is 0 Å². The SMILES string of the molecule is C=CCc1cc(/C=C2\C(=O)NC(=O)N(c3ccc(O)cc3)C2=O)cc(OCC)c1OCCC. The summed E-state index contributed by atoms with van der Waals surface area (Å²) in [4.78, 5) is 38.8. The zero-order chi connectivity index (χ0) is 24.0. The van der Waals surface area contributed by atoms with Crippen molar-refractivity contribution in [1.82, 2.24) is 5.32 Å². The zero-order valence-corrected chi connectivity index (χ0v) is 18.6. The number of ether oxygens (including phenoxy) is 2. The first-order valence-electron chi connectivity index (χ1n) is 10.6. The number of allylic oxidation sites excluding steroid dienone is 1. The molecule has 1 aliphatic heterocycles. The van der Waals surface area contributed by atoms with Crippen LogP contribution in [0.25, 0.3) is 6.08 Å². The minimum Gasteiger partial charge on any atom is -0.508 e. The van der Waals surface area contributed by atoms with Gasteiger partial charge in [-0.3, -0.25) is 14.9 Å². The molecule has 1 fully saturated rings. The number of amides is 4. The molecule has 2 aromatic rings. The molecule has 0 radical (unpaired) electrons. The topological polar surface area (TPSA) is 105 Å². The Morgan fingerprint density at radius 1 is 1.09 bits per heavy atom. The zero-order valence-electron chi connectivity index (χ0n) is 18.6. The van der Waals surface area contributed by atoms with Crippen LogP contribution in [0.5, 0.6) is 17.2 Å². The van der Waals surface area contributed by atoms with Gasteiger partial charge in [-0.25, -0.2) is 9.69 Å². The van der Waals surface area contributed by atoms with Crippen molar-refractivity contribution in [2.45, 2.75) is 26.7 Å². The number of carbonyl (C=O) groups excluding carboxylic acids is 3. The Morgan fingerprint density at radius 3 is 2.45 bits per heavy atom. The monoisotopic (exact) mass is 450 g/mol. The third kappa shape index (κ3) is 5.23. The number of rotatable bonds is 9. The molecule has 0 saturated carbocycles. The molecule has 0 aliphatic carbocycles. The number of barbiturate groups is 1. The van der Waals surface area contributed by atoms with Gasteiger partial charge in [0.15, 0.2) is 11.5 Å². The maximum atomic E-state index is 13.1. The molecule has 8 nitrogen and oxygen atoms in total. The minimum atomic E-state index is -0.862. The Bertz CT molecular complexity index is 1100. The van der Waals surface area contributed by atoms with Crippen molar-refractivity contribution in [2.75, 3.05) is 18.1 Å². The predicted octanol–water partition coefficient (Wildman–Crippen LogP) is 3.97. The number of aromatic hydroxyl groups is 1. The van der Waals surface area contributed by atoms with E-state index in [-0.39, 0.29) is 17.0 Å². The second kappa shape index (κ2) is 10.5. The quantitative estimate of drug-likeness (QED) is 0.340. The minimum absolute atomic E-state index is 0.0148. The second-order valence-electron chi connectivity index (χ2n) is 7.26. The van der Waals surface area contributed by atoms with Crippen LogP contribution in [0.1, 0.15) is 31.4 Å². The van der Waals surface area contributed by atoms with E-state index >= 15 is 0 Å². The fourth-order valence-corrected chi connectivity index (χ4v) is 3.37. The molecule has 2 N–H and O–H groups in total. The van der Waals surface area contributed by atoms with Gasteiger partial charge in [-0.2, -0.15) is 0 Å². The number of benzene rings is 2. The van der Waals surface area contributed by atoms with Gasteiger partial charge >= 0.3 is 6.03 Å². The van der Waals surface area contributed by atoms with Gasteiger partial charge in [0.2, 0.25) is 0 Å². The predicted molar refractivity (Wildman–Crippen MR) is 124 cm³/mol. The molecule has 4 amide bonds. The summed E-state index contributed by atoms with van der Waals surface area (Å²) in [6, 6.07) is 8.14. The molecule has 1 aliphatic rings. The fourth-order valence-electron chi connectivity index (χ4n) is 3.37. The van der Waals surface area contributed by atoms with Gasteiger partial charge in [0.05, 0.1) is 18.9 Å². The highest BCUT2D eigenvalue weighted by Gasteiger charge is 2.36. The van der Waals surface area contributed by atoms with Gasteiger partial charge in [0.1, 0.15) is 11.3 Å². The van der Waals surface area contributed by atoms with Crippen molar-refractivity contribution in [3.63, 3.8) is 0 Å². The largest absolute Gasteiger partial charge is 0.508 e. The first-order chi connectivity index (χ1) is 15.9. The summed E-state index contributed by atoms with van der Waals surface area (Å²) in [6.45, 7) is 8.55. The van der Waals surface area contributed by atoms with Crippen molar-refractivity contribution in [3.05, 3.63) is 65.8 Å². The molecule has 33 heavy (non-hydrogen) atoms. The van der Waals surface area contributed by atoms with Crippen molar-refractivity contribution < 1.29 is 29.0 Å². The van der Waals surface area contributed by atoms with E-state index in [9.17, 15) is 19.5 Å². The molecule has 1 heterocycles. The summed E-state index contributed by atoms with van der Waals surface area (Å²) in [6.07, 6.45) is 4.45. The van der Waals surface area contributed by atoms with Crippen LogP contribution < -0.4 is 19.7 Å². The lowest BCUT2D eigenvalue weighted by Gasteiger charge is -2.26. The van der Waals surface area contributed by atoms with Crippen LogP contribution in [0.4, 0.5) is 10.5 Å². The highest BCUT2D eigenvalue weighted by Crippen LogP contribution is 2.35. The molecule has 1 saturated heterocycles. The smallest absolute Gasteiger partial charge is 0.335 e. The highest BCUT2D eigenvalue weighted by atomic mass is 16.5. The van der Waals surface area contributed by atoms with Crippen LogP contribution in [0.15, 0.2) is 54.6 Å². The van der Waals surface area contributed by atoms with Gasteiger partial charge in [0, 0.05) is 5.56 Å². The number of urea groups is 1. The maximum absolute atomic E-state index is 13.1. The molecule has 0 aromatic heterocycles. The molecule has 0 unspecified atom stereocenters. The maximum Gasteiger partial charge on any atom is 0.335 e. The van der Waals surface area contributed by atoms with Gasteiger partial charge in [0.25, 0.3) is 11.8 Å². The summed E-state index contributed by atoms with van der Waals surface area (Å²) in [5.74, 6) is -0.494. The number of carbonyl (C=O) groups is 3. The lowest BCUT2D eigenvalue weighted by molar-refractivity contribution is -0.122. The molecule has 0 atom stereocenters. The van der Waals surface area contributed by atoms with Crippen molar-refractivity contribution in [2.24, 2.45) is 0 Å². The molecular weight excluding hydrogens is 424 g/mol. The lowest BCUT2D eigenvalue weighted by atomic mass is 10.0. The number of hydrogen-bond acceptors (Lipinski definition) is 6. The summed E-state index contributed by atoms with van der Waals surface area (Å²) in [5.41, 5.74) is 1.35. The number of phenols is 1. The van der Waals surface area contributed by atoms with Gasteiger partial charge in [-0.05, 0) is 67.8 Å². The number of nitrogens with one attached hydrogen (secondary N) is 1. The molecular formula is C25H26N2O6. The van der Waals surface area contributed by atoms with Gasteiger partial charge in [-0.15, -0.1) is 6.58 Å². The lowest BCUT2D eigenvalue weighted by Crippen LogP contribution is -2.54. The average Bonchev–Trinajstić information content (AvgIpc) is 2.78. The summed E-state index contributed by atoms with van der Waals surface area (Å²) in [5, 5.41) is 11.7. The van der Waals surface area contributed by atoms with Gasteiger partial charge < -0.3 is 14.6 Å². The average molecular weight is 450 g/mol. The summed E-state index contributed by atoms with van der Waals surface area (Å²) in [7, 11) is 0. The third-order valence-corrected chi connectivity index (χ3v) is 4.79. The van der Waals surface area contributed by atoms with E-state index in [2.05, 4.69) is 11.9 Å². The van der Waals surface area contributed by atoms with Gasteiger partial charge in [-0.1, -0.05) is 13.0 Å². The molecule has 0 bridgehead atoms. The van der Waals surface area contributed by atoms with Crippen LogP contribution in [0, 0.1) is 0 Å². The first-order valence-corrected chi connectivity index (χ1v) is 10.6. The Kier molecular flexibility index (Phi) is 7.50. The van der Waals surface area contributed by atoms with Crippen LogP contribution in [-0.4, -0.2) is 36.2 Å². The summed E-state index contributed by atoms with van der Waals surface area (Å²) < 4.78 is 11.7. The number of imide groups is 2. The van der Waals surface area contributed by atoms with Crippen molar-refractivity contribution >= 4 is 29.6 Å². The van der Waals surface area contributed by atoms with E-state index in [1.807, 2.05) is 13.8 Å². The van der Waals surface area contributed by atoms with Crippen molar-refractivity contribution in [1.29, 1.82) is 0 Å². The van der Waals surface area contributed by atoms with E-state index in [0.717, 1.165) is 16.9 Å². The van der Waals surface area contributed by atoms with E-state index in [4.69, 9.17) is 9.47 Å². The molecule has 8 heteroatoms. The molecule has 3 rings (SSSR count). The van der Waals surface area contributed by atoms with Crippen molar-refractivity contribution in [3.8, 4) is 17.2 Å². The number of nitrogens with zero attached hydrogens (tertiary/aromatic N) is 1. The Labute approximate surface area is 192 Å².